The van der Waals surface area contributed by atoms with Crippen LogP contribution >= 0.6 is 0 Å². The zero-order valence-electron chi connectivity index (χ0n) is 14.3. The average Bonchev–Trinajstić information content (AvgIpc) is 3.06. The van der Waals surface area contributed by atoms with Crippen molar-refractivity contribution in [1.29, 1.82) is 0 Å². The van der Waals surface area contributed by atoms with Crippen LogP contribution in [0.5, 0.6) is 5.75 Å². The summed E-state index contributed by atoms with van der Waals surface area (Å²) >= 11 is 0. The third kappa shape index (κ3) is 3.70. The van der Waals surface area contributed by atoms with Crippen LogP contribution in [0, 0.1) is 5.82 Å². The minimum absolute atomic E-state index is 0.104. The van der Waals surface area contributed by atoms with Gasteiger partial charge in [-0.15, -0.1) is 5.10 Å². The molecular formula is C18H17FN4O3. The summed E-state index contributed by atoms with van der Waals surface area (Å²) in [5, 5.41) is 10.6. The van der Waals surface area contributed by atoms with Gasteiger partial charge in [-0.2, -0.15) is 0 Å². The van der Waals surface area contributed by atoms with Gasteiger partial charge in [0.15, 0.2) is 5.69 Å². The van der Waals surface area contributed by atoms with Crippen LogP contribution in [0.2, 0.25) is 0 Å². The van der Waals surface area contributed by atoms with Crippen molar-refractivity contribution in [2.75, 3.05) is 19.5 Å². The second-order valence-electron chi connectivity index (χ2n) is 5.39. The molecule has 134 valence electrons. The average molecular weight is 356 g/mol. The second-order valence-corrected chi connectivity index (χ2v) is 5.39. The van der Waals surface area contributed by atoms with Crippen molar-refractivity contribution in [3.05, 3.63) is 65.7 Å². The number of amides is 1. The minimum Gasteiger partial charge on any atom is -0.497 e. The molecule has 0 aliphatic carbocycles. The monoisotopic (exact) mass is 356 g/mol. The predicted molar refractivity (Wildman–Crippen MR) is 93.0 cm³/mol. The first-order valence-corrected chi connectivity index (χ1v) is 7.77. The molecule has 7 nitrogen and oxygen atoms in total. The third-order valence-corrected chi connectivity index (χ3v) is 3.66. The summed E-state index contributed by atoms with van der Waals surface area (Å²) < 4.78 is 25.1. The number of nitrogens with one attached hydrogen (secondary N) is 1. The summed E-state index contributed by atoms with van der Waals surface area (Å²) in [6.45, 7) is 0.130. The Balaban J connectivity index is 1.91. The maximum absolute atomic E-state index is 13.3. The summed E-state index contributed by atoms with van der Waals surface area (Å²) in [5.41, 5.74) is 1.62. The molecule has 0 aliphatic rings. The number of anilines is 1. The quantitative estimate of drug-likeness (QED) is 0.735. The van der Waals surface area contributed by atoms with Gasteiger partial charge in [-0.05, 0) is 42.5 Å². The molecule has 1 amide bonds. The fraction of sp³-hybridized carbons (Fsp3) is 0.167. The predicted octanol–water partition coefficient (Wildman–Crippen LogP) is 2.81. The number of carbonyl (C=O) groups excluding carboxylic acids is 1. The molecule has 26 heavy (non-hydrogen) atoms. The van der Waals surface area contributed by atoms with E-state index in [1.807, 2.05) is 0 Å². The van der Waals surface area contributed by atoms with Crippen molar-refractivity contribution >= 4 is 11.6 Å². The zero-order chi connectivity index (χ0) is 18.5. The van der Waals surface area contributed by atoms with Gasteiger partial charge in [-0.25, -0.2) is 9.07 Å². The first-order valence-electron chi connectivity index (χ1n) is 7.77. The van der Waals surface area contributed by atoms with E-state index < -0.39 is 11.7 Å². The molecule has 0 unspecified atom stereocenters. The summed E-state index contributed by atoms with van der Waals surface area (Å²) in [5.74, 6) is -0.240. The van der Waals surface area contributed by atoms with Gasteiger partial charge in [0.05, 0.1) is 19.4 Å². The third-order valence-electron chi connectivity index (χ3n) is 3.66. The lowest BCUT2D eigenvalue weighted by molar-refractivity contribution is 0.101. The summed E-state index contributed by atoms with van der Waals surface area (Å²) in [7, 11) is 3.09. The van der Waals surface area contributed by atoms with Crippen LogP contribution in [0.15, 0.2) is 48.5 Å². The molecule has 0 fully saturated rings. The van der Waals surface area contributed by atoms with Gasteiger partial charge in [-0.3, -0.25) is 4.79 Å². The SMILES string of the molecule is COCc1c(C(=O)Nc2cccc(F)c2)nnn1-c1ccc(OC)cc1. The number of nitrogens with zero attached hydrogens (tertiary/aromatic N) is 3. The van der Waals surface area contributed by atoms with E-state index in [1.54, 1.807) is 37.4 Å². The minimum atomic E-state index is -0.498. The lowest BCUT2D eigenvalue weighted by atomic mass is 10.2. The van der Waals surface area contributed by atoms with Crippen LogP contribution < -0.4 is 10.1 Å². The van der Waals surface area contributed by atoms with Gasteiger partial charge < -0.3 is 14.8 Å². The van der Waals surface area contributed by atoms with Crippen molar-refractivity contribution in [2.45, 2.75) is 6.61 Å². The van der Waals surface area contributed by atoms with Crippen molar-refractivity contribution in [3.63, 3.8) is 0 Å². The van der Waals surface area contributed by atoms with E-state index in [-0.39, 0.29) is 12.3 Å². The molecule has 3 rings (SSSR count). The summed E-state index contributed by atoms with van der Waals surface area (Å²) in [6.07, 6.45) is 0. The molecule has 1 N–H and O–H groups in total. The van der Waals surface area contributed by atoms with Crippen LogP contribution in [-0.4, -0.2) is 35.1 Å². The molecule has 2 aromatic carbocycles. The standard InChI is InChI=1S/C18H17FN4O3/c1-25-11-16-17(18(24)20-13-5-3-4-12(19)10-13)21-22-23(16)14-6-8-15(26-2)9-7-14/h3-10H,11H2,1-2H3,(H,20,24). The van der Waals surface area contributed by atoms with Gasteiger partial charge in [0.25, 0.3) is 5.91 Å². The van der Waals surface area contributed by atoms with Gasteiger partial charge >= 0.3 is 0 Å². The number of hydrogen-bond donors (Lipinski definition) is 1. The normalized spacial score (nSPS) is 10.6. The van der Waals surface area contributed by atoms with Crippen LogP contribution in [-0.2, 0) is 11.3 Å². The fourth-order valence-corrected chi connectivity index (χ4v) is 2.43. The number of ether oxygens (including phenoxy) is 2. The van der Waals surface area contributed by atoms with Crippen LogP contribution in [0.3, 0.4) is 0 Å². The summed E-state index contributed by atoms with van der Waals surface area (Å²) in [4.78, 5) is 12.5. The van der Waals surface area contributed by atoms with Gasteiger partial charge in [-0.1, -0.05) is 11.3 Å². The molecular weight excluding hydrogens is 339 g/mol. The highest BCUT2D eigenvalue weighted by Gasteiger charge is 2.21. The van der Waals surface area contributed by atoms with Crippen molar-refractivity contribution in [1.82, 2.24) is 15.0 Å². The lowest BCUT2D eigenvalue weighted by Crippen LogP contribution is -2.16. The number of methoxy groups -OCH3 is 2. The highest BCUT2D eigenvalue weighted by Crippen LogP contribution is 2.19. The number of halogens is 1. The Hall–Kier alpha value is -3.26. The zero-order valence-corrected chi connectivity index (χ0v) is 14.3. The molecule has 0 radical (unpaired) electrons. The molecule has 0 saturated heterocycles. The van der Waals surface area contributed by atoms with Gasteiger partial charge in [0.1, 0.15) is 17.3 Å². The maximum Gasteiger partial charge on any atom is 0.278 e. The van der Waals surface area contributed by atoms with Crippen molar-refractivity contribution in [3.8, 4) is 11.4 Å². The number of rotatable bonds is 6. The molecule has 1 heterocycles. The Morgan fingerprint density at radius 2 is 1.96 bits per heavy atom. The molecule has 0 saturated carbocycles. The highest BCUT2D eigenvalue weighted by molar-refractivity contribution is 6.03. The smallest absolute Gasteiger partial charge is 0.278 e. The van der Waals surface area contributed by atoms with E-state index in [1.165, 1.54) is 30.0 Å². The van der Waals surface area contributed by atoms with E-state index in [2.05, 4.69) is 15.6 Å². The molecule has 8 heteroatoms. The first-order chi connectivity index (χ1) is 12.6. The number of aromatic nitrogens is 3. The Morgan fingerprint density at radius 1 is 1.19 bits per heavy atom. The van der Waals surface area contributed by atoms with E-state index in [0.717, 1.165) is 0 Å². The first kappa shape index (κ1) is 17.6. The van der Waals surface area contributed by atoms with E-state index in [4.69, 9.17) is 9.47 Å². The Kier molecular flexibility index (Phi) is 5.23. The molecule has 1 aromatic heterocycles. The maximum atomic E-state index is 13.3. The molecule has 0 atom stereocenters. The molecule has 3 aromatic rings. The summed E-state index contributed by atoms with van der Waals surface area (Å²) in [6, 6.07) is 12.8. The number of carbonyl (C=O) groups is 1. The van der Waals surface area contributed by atoms with Crippen LogP contribution in [0.1, 0.15) is 16.2 Å². The topological polar surface area (TPSA) is 78.3 Å². The Morgan fingerprint density at radius 3 is 2.62 bits per heavy atom. The largest absolute Gasteiger partial charge is 0.497 e. The van der Waals surface area contributed by atoms with Crippen molar-refractivity contribution in [2.24, 2.45) is 0 Å². The Labute approximate surface area is 149 Å². The second kappa shape index (κ2) is 7.75. The van der Waals surface area contributed by atoms with E-state index >= 15 is 0 Å². The number of hydrogen-bond acceptors (Lipinski definition) is 5. The molecule has 0 bridgehead atoms. The van der Waals surface area contributed by atoms with Gasteiger partial charge in [0.2, 0.25) is 0 Å². The van der Waals surface area contributed by atoms with Crippen LogP contribution in [0.25, 0.3) is 5.69 Å². The molecule has 0 spiro atoms. The van der Waals surface area contributed by atoms with Gasteiger partial charge in [0, 0.05) is 12.8 Å². The highest BCUT2D eigenvalue weighted by atomic mass is 19.1. The number of benzene rings is 2. The van der Waals surface area contributed by atoms with Crippen molar-refractivity contribution < 1.29 is 18.7 Å². The van der Waals surface area contributed by atoms with E-state index in [9.17, 15) is 9.18 Å². The Bertz CT molecular complexity index is 909. The lowest BCUT2D eigenvalue weighted by Gasteiger charge is -2.08. The fourth-order valence-electron chi connectivity index (χ4n) is 2.43. The molecule has 0 aliphatic heterocycles. The van der Waals surface area contributed by atoms with E-state index in [0.29, 0.717) is 22.8 Å². The van der Waals surface area contributed by atoms with Crippen LogP contribution in [0.4, 0.5) is 10.1 Å².